The van der Waals surface area contributed by atoms with Crippen molar-refractivity contribution in [3.05, 3.63) is 53.1 Å². The predicted molar refractivity (Wildman–Crippen MR) is 85.1 cm³/mol. The van der Waals surface area contributed by atoms with Gasteiger partial charge in [-0.1, -0.05) is 29.8 Å². The summed E-state index contributed by atoms with van der Waals surface area (Å²) in [5.41, 5.74) is 7.82. The lowest BCUT2D eigenvalue weighted by atomic mass is 10.1. The number of nitrogen functional groups attached to an aromatic ring is 1. The summed E-state index contributed by atoms with van der Waals surface area (Å²) in [5, 5.41) is 0.181. The van der Waals surface area contributed by atoms with Crippen LogP contribution in [0.5, 0.6) is 0 Å². The summed E-state index contributed by atoms with van der Waals surface area (Å²) in [4.78, 5) is 0.0488. The van der Waals surface area contributed by atoms with Gasteiger partial charge in [0.2, 0.25) is 0 Å². The number of halogens is 1. The molecule has 0 spiro atoms. The first-order valence-corrected chi connectivity index (χ1v) is 8.40. The van der Waals surface area contributed by atoms with Gasteiger partial charge < -0.3 is 5.73 Å². The van der Waals surface area contributed by atoms with Crippen LogP contribution in [0.2, 0.25) is 5.02 Å². The minimum Gasteiger partial charge on any atom is -0.399 e. The van der Waals surface area contributed by atoms with Crippen molar-refractivity contribution in [1.29, 1.82) is 0 Å². The highest BCUT2D eigenvalue weighted by Crippen LogP contribution is 2.38. The van der Waals surface area contributed by atoms with Crippen molar-refractivity contribution in [3.63, 3.8) is 0 Å². The molecule has 110 valence electrons. The monoisotopic (exact) mass is 322 g/mol. The summed E-state index contributed by atoms with van der Waals surface area (Å²) in [6.45, 7) is 1.89. The minimum atomic E-state index is -3.73. The molecule has 0 fully saturated rings. The highest BCUT2D eigenvalue weighted by molar-refractivity contribution is 7.93. The molecule has 4 nitrogen and oxygen atoms in total. The number of nitrogens with zero attached hydrogens (tertiary/aromatic N) is 1. The van der Waals surface area contributed by atoms with Crippen molar-refractivity contribution < 1.29 is 8.42 Å². The highest BCUT2D eigenvalue weighted by atomic mass is 35.5. The van der Waals surface area contributed by atoms with Crippen molar-refractivity contribution in [2.45, 2.75) is 24.3 Å². The summed E-state index contributed by atoms with van der Waals surface area (Å²) >= 11 is 6.07. The first-order valence-electron chi connectivity index (χ1n) is 6.58. The molecule has 2 aromatic rings. The second-order valence-corrected chi connectivity index (χ2v) is 7.36. The maximum absolute atomic E-state index is 13.0. The molecule has 1 aliphatic rings. The molecule has 2 N–H and O–H groups in total. The van der Waals surface area contributed by atoms with Crippen molar-refractivity contribution in [3.8, 4) is 0 Å². The first kappa shape index (κ1) is 14.2. The second-order valence-electron chi connectivity index (χ2n) is 5.17. The molecule has 21 heavy (non-hydrogen) atoms. The third-order valence-corrected chi connectivity index (χ3v) is 6.05. The highest BCUT2D eigenvalue weighted by Gasteiger charge is 2.36. The lowest BCUT2D eigenvalue weighted by Crippen LogP contribution is -2.35. The molecule has 0 aromatic heterocycles. The van der Waals surface area contributed by atoms with E-state index in [-0.39, 0.29) is 16.0 Å². The smallest absolute Gasteiger partial charge is 0.266 e. The molecule has 1 unspecified atom stereocenters. The largest absolute Gasteiger partial charge is 0.399 e. The van der Waals surface area contributed by atoms with Crippen LogP contribution >= 0.6 is 11.6 Å². The van der Waals surface area contributed by atoms with E-state index in [2.05, 4.69) is 0 Å². The standard InChI is InChI=1S/C15H15ClN2O2S/c1-10-8-11-4-2-3-5-14(11)18(10)21(19,20)15-9-12(17)6-7-13(15)16/h2-7,9-10H,8,17H2,1H3. The summed E-state index contributed by atoms with van der Waals surface area (Å²) < 4.78 is 27.4. The number of benzene rings is 2. The Morgan fingerprint density at radius 2 is 1.95 bits per heavy atom. The summed E-state index contributed by atoms with van der Waals surface area (Å²) in [6.07, 6.45) is 0.690. The zero-order chi connectivity index (χ0) is 15.2. The van der Waals surface area contributed by atoms with Crippen molar-refractivity contribution in [2.24, 2.45) is 0 Å². The molecule has 0 aliphatic carbocycles. The Balaban J connectivity index is 2.17. The van der Waals surface area contributed by atoms with Gasteiger partial charge in [0.05, 0.1) is 10.7 Å². The van der Waals surface area contributed by atoms with Crippen LogP contribution in [0.3, 0.4) is 0 Å². The molecule has 0 amide bonds. The van der Waals surface area contributed by atoms with Crippen LogP contribution in [0.4, 0.5) is 11.4 Å². The van der Waals surface area contributed by atoms with E-state index in [1.165, 1.54) is 16.4 Å². The van der Waals surface area contributed by atoms with Crippen molar-refractivity contribution in [1.82, 2.24) is 0 Å². The van der Waals surface area contributed by atoms with Gasteiger partial charge in [-0.3, -0.25) is 4.31 Å². The maximum atomic E-state index is 13.0. The SMILES string of the molecule is CC1Cc2ccccc2N1S(=O)(=O)c1cc(N)ccc1Cl. The van der Waals surface area contributed by atoms with Gasteiger partial charge in [0.1, 0.15) is 4.90 Å². The Bertz CT molecular complexity index is 805. The predicted octanol–water partition coefficient (Wildman–Crippen LogP) is 3.06. The molecule has 0 bridgehead atoms. The van der Waals surface area contributed by atoms with Crippen LogP contribution in [0.25, 0.3) is 0 Å². The number of sulfonamides is 1. The third kappa shape index (κ3) is 2.26. The van der Waals surface area contributed by atoms with Crippen molar-refractivity contribution in [2.75, 3.05) is 10.0 Å². The number of anilines is 2. The molecule has 0 saturated carbocycles. The van der Waals surface area contributed by atoms with Gasteiger partial charge in [-0.2, -0.15) is 0 Å². The summed E-state index contributed by atoms with van der Waals surface area (Å²) in [6, 6.07) is 11.9. The fraction of sp³-hybridized carbons (Fsp3) is 0.200. The molecule has 3 rings (SSSR count). The van der Waals surface area contributed by atoms with E-state index < -0.39 is 10.0 Å². The van der Waals surface area contributed by atoms with Crippen LogP contribution < -0.4 is 10.0 Å². The Labute approximate surface area is 129 Å². The average molecular weight is 323 g/mol. The zero-order valence-corrected chi connectivity index (χ0v) is 13.0. The molecule has 1 atom stereocenters. The second kappa shape index (κ2) is 4.93. The van der Waals surface area contributed by atoms with Gasteiger partial charge in [0.25, 0.3) is 10.0 Å². The number of nitrogens with two attached hydrogens (primary N) is 1. The fourth-order valence-corrected chi connectivity index (χ4v) is 4.93. The van der Waals surface area contributed by atoms with Crippen LogP contribution in [0.15, 0.2) is 47.4 Å². The Morgan fingerprint density at radius 3 is 2.71 bits per heavy atom. The lowest BCUT2D eigenvalue weighted by Gasteiger charge is -2.25. The number of hydrogen-bond acceptors (Lipinski definition) is 3. The number of para-hydroxylation sites is 1. The Morgan fingerprint density at radius 1 is 1.24 bits per heavy atom. The third-order valence-electron chi connectivity index (χ3n) is 3.64. The van der Waals surface area contributed by atoms with E-state index in [1.54, 1.807) is 6.07 Å². The molecule has 0 radical (unpaired) electrons. The van der Waals surface area contributed by atoms with Gasteiger partial charge in [-0.15, -0.1) is 0 Å². The number of fused-ring (bicyclic) bond motifs is 1. The minimum absolute atomic E-state index is 0.0488. The molecule has 2 aromatic carbocycles. The maximum Gasteiger partial charge on any atom is 0.266 e. The van der Waals surface area contributed by atoms with E-state index in [4.69, 9.17) is 17.3 Å². The van der Waals surface area contributed by atoms with E-state index >= 15 is 0 Å². The van der Waals surface area contributed by atoms with Gasteiger partial charge in [0.15, 0.2) is 0 Å². The zero-order valence-electron chi connectivity index (χ0n) is 11.5. The lowest BCUT2D eigenvalue weighted by molar-refractivity contribution is 0.584. The van der Waals surface area contributed by atoms with E-state index in [1.807, 2.05) is 31.2 Å². The molecular weight excluding hydrogens is 308 g/mol. The van der Waals surface area contributed by atoms with Crippen LogP contribution in [0, 0.1) is 0 Å². The van der Waals surface area contributed by atoms with Crippen LogP contribution in [-0.2, 0) is 16.4 Å². The van der Waals surface area contributed by atoms with Crippen LogP contribution in [-0.4, -0.2) is 14.5 Å². The first-order chi connectivity index (χ1) is 9.91. The average Bonchev–Trinajstić information content (AvgIpc) is 2.77. The number of rotatable bonds is 2. The molecule has 1 aliphatic heterocycles. The topological polar surface area (TPSA) is 63.4 Å². The van der Waals surface area contributed by atoms with E-state index in [9.17, 15) is 8.42 Å². The van der Waals surface area contributed by atoms with Gasteiger partial charge >= 0.3 is 0 Å². The van der Waals surface area contributed by atoms with Gasteiger partial charge in [-0.05, 0) is 43.2 Å². The summed E-state index contributed by atoms with van der Waals surface area (Å²) in [7, 11) is -3.73. The Hall–Kier alpha value is -1.72. The molecule has 1 heterocycles. The molecule has 0 saturated heterocycles. The number of hydrogen-bond donors (Lipinski definition) is 1. The van der Waals surface area contributed by atoms with Gasteiger partial charge in [0, 0.05) is 11.7 Å². The van der Waals surface area contributed by atoms with Crippen molar-refractivity contribution >= 4 is 33.0 Å². The van der Waals surface area contributed by atoms with Crippen LogP contribution in [0.1, 0.15) is 12.5 Å². The van der Waals surface area contributed by atoms with Gasteiger partial charge in [-0.25, -0.2) is 8.42 Å². The quantitative estimate of drug-likeness (QED) is 0.864. The Kier molecular flexibility index (Phi) is 3.34. The summed E-state index contributed by atoms with van der Waals surface area (Å²) in [5.74, 6) is 0. The van der Waals surface area contributed by atoms with E-state index in [0.29, 0.717) is 17.8 Å². The molecule has 6 heteroatoms. The molecular formula is C15H15ClN2O2S. The normalized spacial score (nSPS) is 17.8. The fourth-order valence-electron chi connectivity index (χ4n) is 2.73. The van der Waals surface area contributed by atoms with E-state index in [0.717, 1.165) is 5.56 Å².